The number of urea groups is 1. The molecule has 0 bridgehead atoms. The maximum atomic E-state index is 12.0. The van der Waals surface area contributed by atoms with Gasteiger partial charge in [-0.3, -0.25) is 9.59 Å². The van der Waals surface area contributed by atoms with Crippen LogP contribution < -0.4 is 11.1 Å². The lowest BCUT2D eigenvalue weighted by Gasteiger charge is -2.32. The number of carbonyl (C=O) groups excluding carboxylic acids is 3. The second kappa shape index (κ2) is 6.24. The normalized spacial score (nSPS) is 28.4. The van der Waals surface area contributed by atoms with E-state index in [4.69, 9.17) is 5.73 Å². The first-order chi connectivity index (χ1) is 9.91. The number of hydrogen-bond acceptors (Lipinski definition) is 4. The van der Waals surface area contributed by atoms with Crippen LogP contribution in [0, 0.1) is 17.8 Å². The molecule has 7 heteroatoms. The van der Waals surface area contributed by atoms with Crippen LogP contribution in [0.1, 0.15) is 38.5 Å². The molecule has 0 spiro atoms. The monoisotopic (exact) mass is 296 g/mol. The molecule has 2 aliphatic rings. The van der Waals surface area contributed by atoms with Crippen molar-refractivity contribution in [2.45, 2.75) is 44.6 Å². The highest BCUT2D eigenvalue weighted by Gasteiger charge is 2.47. The molecule has 0 aliphatic heterocycles. The zero-order valence-electron chi connectivity index (χ0n) is 11.7. The molecule has 7 nitrogen and oxygen atoms in total. The number of rotatable bonds is 5. The van der Waals surface area contributed by atoms with Crippen LogP contribution >= 0.6 is 0 Å². The zero-order chi connectivity index (χ0) is 15.6. The van der Waals surface area contributed by atoms with Crippen molar-refractivity contribution in [2.24, 2.45) is 23.5 Å². The average Bonchev–Trinajstić information content (AvgIpc) is 2.99. The van der Waals surface area contributed by atoms with Gasteiger partial charge >= 0.3 is 12.0 Å². The molecule has 0 aromatic heterocycles. The first kappa shape index (κ1) is 15.5. The lowest BCUT2D eigenvalue weighted by Crippen LogP contribution is -2.53. The van der Waals surface area contributed by atoms with Gasteiger partial charge in [-0.05, 0) is 25.7 Å². The zero-order valence-corrected chi connectivity index (χ0v) is 11.7. The number of primary amides is 1. The van der Waals surface area contributed by atoms with E-state index in [-0.39, 0.29) is 11.6 Å². The van der Waals surface area contributed by atoms with Crippen LogP contribution in [0.3, 0.4) is 0 Å². The Balaban J connectivity index is 2.32. The molecule has 0 saturated heterocycles. The molecule has 0 radical (unpaired) electrons. The molecule has 21 heavy (non-hydrogen) atoms. The lowest BCUT2D eigenvalue weighted by molar-refractivity contribution is -0.143. The van der Waals surface area contributed by atoms with Crippen LogP contribution in [0.2, 0.25) is 0 Å². The van der Waals surface area contributed by atoms with Crippen molar-refractivity contribution in [1.82, 2.24) is 5.32 Å². The Morgan fingerprint density at radius 1 is 1.10 bits per heavy atom. The first-order valence-electron chi connectivity index (χ1n) is 7.26. The molecule has 3 atom stereocenters. The van der Waals surface area contributed by atoms with E-state index in [9.17, 15) is 24.3 Å². The third-order valence-corrected chi connectivity index (χ3v) is 4.58. The van der Waals surface area contributed by atoms with Crippen molar-refractivity contribution in [1.29, 1.82) is 0 Å². The van der Waals surface area contributed by atoms with Gasteiger partial charge in [-0.25, -0.2) is 9.59 Å². The van der Waals surface area contributed by atoms with Gasteiger partial charge in [0.25, 0.3) is 0 Å². The molecule has 0 heterocycles. The molecule has 116 valence electrons. The predicted octanol–water partition coefficient (Wildman–Crippen LogP) is 0.462. The minimum absolute atomic E-state index is 0.0165. The number of Topliss-reactive ketones (excluding diaryl/α,β-unsaturated/α-hetero) is 2. The second-order valence-electron chi connectivity index (χ2n) is 5.83. The highest BCUT2D eigenvalue weighted by Crippen LogP contribution is 2.40. The summed E-state index contributed by atoms with van der Waals surface area (Å²) in [5.41, 5.74) is 5.05. The summed E-state index contributed by atoms with van der Waals surface area (Å²) in [5.74, 6) is -2.94. The largest absolute Gasteiger partial charge is 0.480 e. The maximum absolute atomic E-state index is 12.0. The summed E-state index contributed by atoms with van der Waals surface area (Å²) in [6.45, 7) is 0. The van der Waals surface area contributed by atoms with Crippen molar-refractivity contribution in [2.75, 3.05) is 0 Å². The van der Waals surface area contributed by atoms with Gasteiger partial charge in [-0.15, -0.1) is 0 Å². The van der Waals surface area contributed by atoms with Crippen molar-refractivity contribution < 1.29 is 24.3 Å². The van der Waals surface area contributed by atoms with Crippen LogP contribution in [0.15, 0.2) is 0 Å². The van der Waals surface area contributed by atoms with Crippen LogP contribution in [0.25, 0.3) is 0 Å². The van der Waals surface area contributed by atoms with Gasteiger partial charge in [0.05, 0.1) is 0 Å². The summed E-state index contributed by atoms with van der Waals surface area (Å²) in [6.07, 6.45) is 3.35. The van der Waals surface area contributed by atoms with Crippen molar-refractivity contribution in [3.63, 3.8) is 0 Å². The molecule has 2 aliphatic carbocycles. The van der Waals surface area contributed by atoms with E-state index < -0.39 is 35.8 Å². The predicted molar refractivity (Wildman–Crippen MR) is 72.3 cm³/mol. The molecule has 2 amide bonds. The van der Waals surface area contributed by atoms with Gasteiger partial charge in [0.1, 0.15) is 17.6 Å². The summed E-state index contributed by atoms with van der Waals surface area (Å²) >= 11 is 0. The summed E-state index contributed by atoms with van der Waals surface area (Å²) in [7, 11) is 0. The highest BCUT2D eigenvalue weighted by atomic mass is 16.4. The Morgan fingerprint density at radius 2 is 1.57 bits per heavy atom. The van der Waals surface area contributed by atoms with Crippen molar-refractivity contribution >= 4 is 23.6 Å². The fourth-order valence-corrected chi connectivity index (χ4v) is 3.72. The second-order valence-corrected chi connectivity index (χ2v) is 5.83. The van der Waals surface area contributed by atoms with Gasteiger partial charge in [-0.1, -0.05) is 0 Å². The molecule has 0 aromatic carbocycles. The summed E-state index contributed by atoms with van der Waals surface area (Å²) in [5, 5.41) is 11.6. The minimum atomic E-state index is -1.29. The number of carboxylic acid groups (broad SMARTS) is 1. The number of ketones is 2. The van der Waals surface area contributed by atoms with E-state index in [0.717, 1.165) is 0 Å². The molecule has 2 saturated carbocycles. The van der Waals surface area contributed by atoms with E-state index in [2.05, 4.69) is 5.32 Å². The highest BCUT2D eigenvalue weighted by molar-refractivity contribution is 5.90. The third-order valence-electron chi connectivity index (χ3n) is 4.58. The van der Waals surface area contributed by atoms with E-state index in [1.165, 1.54) is 0 Å². The standard InChI is InChI=1S/C14H20N2O5/c15-14(21)16-12(13(19)20)11(7-3-1-5-9(7)17)8-4-2-6-10(8)18/h7-8,11-12H,1-6H2,(H,19,20)(H3,15,16,21). The Labute approximate surface area is 122 Å². The number of aliphatic carboxylic acids is 1. The van der Waals surface area contributed by atoms with Gasteiger partial charge in [0, 0.05) is 30.6 Å². The van der Waals surface area contributed by atoms with Gasteiger partial charge < -0.3 is 16.2 Å². The fraction of sp³-hybridized carbons (Fsp3) is 0.714. The molecule has 2 fully saturated rings. The lowest BCUT2D eigenvalue weighted by atomic mass is 9.74. The van der Waals surface area contributed by atoms with E-state index in [1.807, 2.05) is 0 Å². The van der Waals surface area contributed by atoms with Crippen molar-refractivity contribution in [3.05, 3.63) is 0 Å². The average molecular weight is 296 g/mol. The molecule has 3 unspecified atom stereocenters. The number of nitrogens with one attached hydrogen (secondary N) is 1. The summed E-state index contributed by atoms with van der Waals surface area (Å²) in [6, 6.07) is -2.25. The smallest absolute Gasteiger partial charge is 0.326 e. The third kappa shape index (κ3) is 3.22. The number of carboxylic acids is 1. The van der Waals surface area contributed by atoms with Crippen LogP contribution in [-0.2, 0) is 14.4 Å². The van der Waals surface area contributed by atoms with E-state index in [1.54, 1.807) is 0 Å². The topological polar surface area (TPSA) is 127 Å². The van der Waals surface area contributed by atoms with Gasteiger partial charge in [-0.2, -0.15) is 0 Å². The quantitative estimate of drug-likeness (QED) is 0.679. The SMILES string of the molecule is NC(=O)NC(C(=O)O)C(C1CCCC1=O)C1CCCC1=O. The van der Waals surface area contributed by atoms with E-state index in [0.29, 0.717) is 38.5 Å². The molecule has 2 rings (SSSR count). The Kier molecular flexibility index (Phi) is 4.59. The number of nitrogens with two attached hydrogens (primary N) is 1. The molecule has 0 aromatic rings. The Hall–Kier alpha value is -1.92. The molecule has 4 N–H and O–H groups in total. The first-order valence-corrected chi connectivity index (χ1v) is 7.26. The van der Waals surface area contributed by atoms with Gasteiger partial charge in [0.15, 0.2) is 0 Å². The maximum Gasteiger partial charge on any atom is 0.326 e. The van der Waals surface area contributed by atoms with Crippen LogP contribution in [0.4, 0.5) is 4.79 Å². The summed E-state index contributed by atoms with van der Waals surface area (Å²) in [4.78, 5) is 46.7. The van der Waals surface area contributed by atoms with E-state index >= 15 is 0 Å². The fourth-order valence-electron chi connectivity index (χ4n) is 3.72. The minimum Gasteiger partial charge on any atom is -0.480 e. The van der Waals surface area contributed by atoms with Crippen LogP contribution in [-0.4, -0.2) is 34.7 Å². The Bertz CT molecular complexity index is 450. The number of amides is 2. The summed E-state index contributed by atoms with van der Waals surface area (Å²) < 4.78 is 0. The van der Waals surface area contributed by atoms with Crippen molar-refractivity contribution in [3.8, 4) is 0 Å². The number of carbonyl (C=O) groups is 4. The van der Waals surface area contributed by atoms with Gasteiger partial charge in [0.2, 0.25) is 0 Å². The van der Waals surface area contributed by atoms with Crippen LogP contribution in [0.5, 0.6) is 0 Å². The Morgan fingerprint density at radius 3 is 1.86 bits per heavy atom. The molecular formula is C14H20N2O5. The number of hydrogen-bond donors (Lipinski definition) is 3. The molecular weight excluding hydrogens is 276 g/mol.